The van der Waals surface area contributed by atoms with Crippen molar-refractivity contribution >= 4 is 121 Å². The van der Waals surface area contributed by atoms with E-state index in [0.717, 1.165) is 16.5 Å². The fraction of sp³-hybridized carbons (Fsp3) is 0.152. The monoisotopic (exact) mass is 886 g/mol. The van der Waals surface area contributed by atoms with Crippen molar-refractivity contribution < 1.29 is 27.4 Å². The predicted molar refractivity (Wildman–Crippen MR) is 214 cm³/mol. The maximum Gasteiger partial charge on any atom is 0.317 e. The Morgan fingerprint density at radius 2 is 0.923 bits per heavy atom. The Morgan fingerprint density at radius 3 is 1.33 bits per heavy atom. The van der Waals surface area contributed by atoms with E-state index >= 15 is 0 Å². The Hall–Kier alpha value is -2.97. The summed E-state index contributed by atoms with van der Waals surface area (Å²) in [6, 6.07) is 14.6. The molecule has 0 N–H and O–H groups in total. The highest BCUT2D eigenvalue weighted by Crippen LogP contribution is 2.47. The summed E-state index contributed by atoms with van der Waals surface area (Å²) in [6.45, 7) is 0. The quantitative estimate of drug-likeness (QED) is 0.118. The number of halogens is 8. The number of hydrogen-bond donors (Lipinski definition) is 0. The molecule has 0 aliphatic heterocycles. The molecule has 0 atom stereocenters. The maximum atomic E-state index is 9.16. The van der Waals surface area contributed by atoms with Crippen molar-refractivity contribution in [3.8, 4) is 45.3 Å². The summed E-state index contributed by atoms with van der Waals surface area (Å²) in [5, 5.41) is 3.44. The first-order chi connectivity index (χ1) is 24.1. The van der Waals surface area contributed by atoms with Crippen LogP contribution in [0.1, 0.15) is 7.43 Å². The van der Waals surface area contributed by atoms with Crippen molar-refractivity contribution in [2.45, 2.75) is 7.43 Å². The fourth-order valence-corrected chi connectivity index (χ4v) is 6.11. The van der Waals surface area contributed by atoms with E-state index in [0.29, 0.717) is 70.6 Å². The highest BCUT2D eigenvalue weighted by Gasteiger charge is 2.20. The summed E-state index contributed by atoms with van der Waals surface area (Å²) in [5.41, 5.74) is 4.25. The number of aromatic nitrogens is 4. The number of nitrogens with zero attached hydrogens (tertiary/aromatic N) is 4. The molecule has 0 saturated heterocycles. The second-order valence-electron chi connectivity index (χ2n) is 9.83. The minimum Gasteiger partial charge on any atom is -0.497 e. The van der Waals surface area contributed by atoms with Crippen LogP contribution < -0.4 is 18.9 Å². The van der Waals surface area contributed by atoms with Gasteiger partial charge in [0.25, 0.3) is 0 Å². The molecule has 0 aliphatic carbocycles. The summed E-state index contributed by atoms with van der Waals surface area (Å²) < 4.78 is 39.5. The van der Waals surface area contributed by atoms with Gasteiger partial charge in [-0.2, -0.15) is 8.42 Å². The van der Waals surface area contributed by atoms with Crippen LogP contribution in [0, 0.1) is 0 Å². The van der Waals surface area contributed by atoms with Crippen molar-refractivity contribution in [2.24, 2.45) is 0 Å². The number of methoxy groups -OCH3 is 4. The third kappa shape index (κ3) is 11.0. The van der Waals surface area contributed by atoms with E-state index in [1.807, 2.05) is 36.4 Å². The van der Waals surface area contributed by atoms with Crippen molar-refractivity contribution in [2.75, 3.05) is 28.4 Å². The molecule has 2 heterocycles. The van der Waals surface area contributed by atoms with Crippen LogP contribution in [-0.4, -0.2) is 56.8 Å². The van der Waals surface area contributed by atoms with E-state index in [4.69, 9.17) is 97.0 Å². The van der Waals surface area contributed by atoms with Gasteiger partial charge < -0.3 is 18.9 Å². The zero-order valence-corrected chi connectivity index (χ0v) is 33.3. The molecule has 52 heavy (non-hydrogen) atoms. The third-order valence-electron chi connectivity index (χ3n) is 6.76. The molecule has 0 saturated carbocycles. The summed E-state index contributed by atoms with van der Waals surface area (Å²) in [5.74, 6) is 2.30. The molecule has 0 radical (unpaired) electrons. The Kier molecular flexibility index (Phi) is 15.8. The highest BCUT2D eigenvalue weighted by atomic mass is 36.0. The Bertz CT molecular complexity index is 2300. The number of ether oxygens (including phenoxy) is 4. The van der Waals surface area contributed by atoms with Crippen LogP contribution in [0.15, 0.2) is 60.9 Å². The molecule has 2 aromatic heterocycles. The average Bonchev–Trinajstić information content (AvgIpc) is 3.08. The number of rotatable bonds is 6. The average molecular weight is 890 g/mol. The van der Waals surface area contributed by atoms with Crippen LogP contribution in [0.2, 0.25) is 30.7 Å². The summed E-state index contributed by atoms with van der Waals surface area (Å²) >= 11 is 37.2. The van der Waals surface area contributed by atoms with Gasteiger partial charge in [-0.15, -0.1) is 0 Å². The van der Waals surface area contributed by atoms with Crippen LogP contribution >= 0.6 is 91.0 Å². The second kappa shape index (κ2) is 18.9. The van der Waals surface area contributed by atoms with E-state index < -0.39 is 8.26 Å². The molecule has 0 spiro atoms. The Labute approximate surface area is 338 Å². The van der Waals surface area contributed by atoms with Crippen LogP contribution in [-0.2, 0) is 8.26 Å². The van der Waals surface area contributed by atoms with Crippen LogP contribution in [0.4, 0.5) is 0 Å². The summed E-state index contributed by atoms with van der Waals surface area (Å²) in [6.07, 6.45) is 3.23. The van der Waals surface area contributed by atoms with Gasteiger partial charge in [-0.3, -0.25) is 0 Å². The molecule has 0 fully saturated rings. The summed E-state index contributed by atoms with van der Waals surface area (Å²) in [7, 11) is 11.1. The molecule has 0 unspecified atom stereocenters. The summed E-state index contributed by atoms with van der Waals surface area (Å²) in [4.78, 5) is 16.3. The fourth-order valence-electron chi connectivity index (χ4n) is 4.59. The third-order valence-corrected chi connectivity index (χ3v) is 8.45. The minimum atomic E-state index is -3.72. The topological polar surface area (TPSA) is 123 Å². The zero-order valence-electron chi connectivity index (χ0n) is 26.4. The van der Waals surface area contributed by atoms with E-state index in [1.54, 1.807) is 38.7 Å². The minimum absolute atomic E-state index is 0. The number of hydrogen-bond acceptors (Lipinski definition) is 10. The molecule has 0 bridgehead atoms. The molecular weight excluding hydrogens is 864 g/mol. The SMILES string of the molecule is C.COc1cc(OC)c(Cl)c(-c2cc(Cl)c3nc(Cl)ncc3c2)c1Cl.COc1cc(OC)cc(-c2cc(Cl)c3nc(Cl)ncc3c2)c1.O=S(=O)(Cl)Cl. The molecule has 6 aromatic rings. The van der Waals surface area contributed by atoms with E-state index in [1.165, 1.54) is 14.2 Å². The maximum absolute atomic E-state index is 9.16. The van der Waals surface area contributed by atoms with Gasteiger partial charge in [0, 0.05) is 62.2 Å². The van der Waals surface area contributed by atoms with Gasteiger partial charge in [0.2, 0.25) is 10.6 Å². The first-order valence-electron chi connectivity index (χ1n) is 13.8. The standard InChI is InChI=1S/C16H10Cl4N2O2.C16H12Cl2N2O2.CH4.Cl2O2S/c1-23-10-5-11(24-2)14(19)12(13(10)18)7-3-8-6-21-16(20)22-15(8)9(17)4-7;1-21-12-4-10(5-13(7-12)22-2)9-3-11-8-19-16(18)20-15(11)14(17)6-9;;1-5(2,3)4/h3-6H,1-2H3;3-8H,1-2H3;1H4;. The van der Waals surface area contributed by atoms with Gasteiger partial charge in [-0.25, -0.2) is 19.9 Å². The number of benzene rings is 4. The molecule has 0 amide bonds. The molecule has 4 aromatic carbocycles. The molecule has 276 valence electrons. The number of fused-ring (bicyclic) bond motifs is 2. The van der Waals surface area contributed by atoms with Crippen LogP contribution in [0.3, 0.4) is 0 Å². The lowest BCUT2D eigenvalue weighted by molar-refractivity contribution is 0.394. The van der Waals surface area contributed by atoms with Crippen molar-refractivity contribution in [3.05, 3.63) is 91.6 Å². The smallest absolute Gasteiger partial charge is 0.317 e. The lowest BCUT2D eigenvalue weighted by Crippen LogP contribution is -1.94. The van der Waals surface area contributed by atoms with Gasteiger partial charge >= 0.3 is 8.26 Å². The van der Waals surface area contributed by atoms with E-state index in [9.17, 15) is 0 Å². The molecule has 6 rings (SSSR count). The van der Waals surface area contributed by atoms with Gasteiger partial charge in [0.05, 0.1) is 59.6 Å². The van der Waals surface area contributed by atoms with E-state index in [-0.39, 0.29) is 18.0 Å². The van der Waals surface area contributed by atoms with Crippen molar-refractivity contribution in [1.82, 2.24) is 19.9 Å². The second-order valence-corrected chi connectivity index (χ2v) is 15.7. The van der Waals surface area contributed by atoms with Crippen molar-refractivity contribution in [3.63, 3.8) is 0 Å². The van der Waals surface area contributed by atoms with Crippen molar-refractivity contribution in [1.29, 1.82) is 0 Å². The normalized spacial score (nSPS) is 10.7. The highest BCUT2D eigenvalue weighted by molar-refractivity contribution is 8.31. The predicted octanol–water partition coefficient (Wildman–Crippen LogP) is 11.9. The van der Waals surface area contributed by atoms with Gasteiger partial charge in [-0.05, 0) is 76.3 Å². The molecule has 10 nitrogen and oxygen atoms in total. The molecule has 19 heteroatoms. The Morgan fingerprint density at radius 1 is 0.538 bits per heavy atom. The molecule has 0 aliphatic rings. The van der Waals surface area contributed by atoms with Gasteiger partial charge in [-0.1, -0.05) is 53.8 Å². The largest absolute Gasteiger partial charge is 0.497 e. The lowest BCUT2D eigenvalue weighted by atomic mass is 10.0. The van der Waals surface area contributed by atoms with Gasteiger partial charge in [0.1, 0.15) is 23.0 Å². The van der Waals surface area contributed by atoms with Crippen LogP contribution in [0.25, 0.3) is 44.1 Å². The first-order valence-corrected chi connectivity index (χ1v) is 19.2. The first kappa shape index (κ1) is 43.4. The lowest BCUT2D eigenvalue weighted by Gasteiger charge is -2.15. The van der Waals surface area contributed by atoms with Crippen LogP contribution in [0.5, 0.6) is 23.0 Å². The molecular formula is C33H26Cl8N4O6S. The van der Waals surface area contributed by atoms with E-state index in [2.05, 4.69) is 41.3 Å². The Balaban J connectivity index is 0.000000245. The zero-order chi connectivity index (χ0) is 37.6. The van der Waals surface area contributed by atoms with Gasteiger partial charge in [0.15, 0.2) is 0 Å².